The van der Waals surface area contributed by atoms with Crippen molar-refractivity contribution in [3.05, 3.63) is 54.3 Å². The van der Waals surface area contributed by atoms with Gasteiger partial charge in [0.05, 0.1) is 17.1 Å². The van der Waals surface area contributed by atoms with Crippen LogP contribution in [0.5, 0.6) is 0 Å². The fourth-order valence-corrected chi connectivity index (χ4v) is 4.15. The van der Waals surface area contributed by atoms with Crippen molar-refractivity contribution in [2.75, 3.05) is 27.2 Å². The molecule has 1 fully saturated rings. The third-order valence-corrected chi connectivity index (χ3v) is 5.69. The summed E-state index contributed by atoms with van der Waals surface area (Å²) in [4.78, 5) is 23.9. The van der Waals surface area contributed by atoms with E-state index < -0.39 is 27.7 Å². The summed E-state index contributed by atoms with van der Waals surface area (Å²) in [5.41, 5.74) is 0.567. The normalized spacial score (nSPS) is 15.5. The molecule has 0 unspecified atom stereocenters. The number of anilines is 3. The van der Waals surface area contributed by atoms with Crippen LogP contribution in [0.25, 0.3) is 0 Å². The summed E-state index contributed by atoms with van der Waals surface area (Å²) in [5.74, 6) is -2.60. The number of hydrogen-bond donors (Lipinski definition) is 2. The summed E-state index contributed by atoms with van der Waals surface area (Å²) in [7, 11) is -3.35. The fraction of sp³-hybridized carbons (Fsp3) is 0.176. The number of para-hydroxylation sites is 1. The number of carbonyl (C=O) groups is 2. The van der Waals surface area contributed by atoms with Crippen LogP contribution in [0.2, 0.25) is 0 Å². The summed E-state index contributed by atoms with van der Waals surface area (Å²) in [6.45, 7) is 0.369. The molecule has 2 aromatic carbocycles. The first-order chi connectivity index (χ1) is 12.4. The molecule has 0 saturated carbocycles. The van der Waals surface area contributed by atoms with Gasteiger partial charge in [0.2, 0.25) is 10.0 Å². The van der Waals surface area contributed by atoms with Gasteiger partial charge >= 0.3 is 11.8 Å². The first-order valence-corrected chi connectivity index (χ1v) is 9.45. The fourth-order valence-electron chi connectivity index (χ4n) is 2.60. The van der Waals surface area contributed by atoms with Gasteiger partial charge in [0.25, 0.3) is 0 Å². The molecular formula is C17H16FN3O4S. The highest BCUT2D eigenvalue weighted by atomic mass is 32.2. The zero-order chi connectivity index (χ0) is 18.7. The Labute approximate surface area is 149 Å². The van der Waals surface area contributed by atoms with Crippen molar-refractivity contribution in [3.8, 4) is 0 Å². The lowest BCUT2D eigenvalue weighted by atomic mass is 10.2. The van der Waals surface area contributed by atoms with Crippen LogP contribution in [0.4, 0.5) is 21.5 Å². The number of hydrogen-bond acceptors (Lipinski definition) is 4. The minimum atomic E-state index is -3.35. The lowest BCUT2D eigenvalue weighted by Crippen LogP contribution is -2.29. The minimum Gasteiger partial charge on any atom is -0.318 e. The second-order valence-electron chi connectivity index (χ2n) is 5.68. The van der Waals surface area contributed by atoms with E-state index in [0.717, 1.165) is 6.07 Å². The third kappa shape index (κ3) is 3.83. The number of sulfonamides is 1. The number of benzene rings is 2. The zero-order valence-electron chi connectivity index (χ0n) is 13.6. The van der Waals surface area contributed by atoms with Gasteiger partial charge in [-0.1, -0.05) is 18.2 Å². The van der Waals surface area contributed by atoms with Crippen LogP contribution in [0, 0.1) is 5.82 Å². The van der Waals surface area contributed by atoms with E-state index in [0.29, 0.717) is 18.7 Å². The van der Waals surface area contributed by atoms with Gasteiger partial charge in [-0.3, -0.25) is 13.9 Å². The molecule has 0 bridgehead atoms. The van der Waals surface area contributed by atoms with E-state index in [1.54, 1.807) is 12.1 Å². The van der Waals surface area contributed by atoms with Crippen molar-refractivity contribution >= 4 is 38.9 Å². The average molecular weight is 377 g/mol. The third-order valence-electron chi connectivity index (χ3n) is 3.82. The molecule has 1 aliphatic rings. The minimum absolute atomic E-state index is 0.0780. The van der Waals surface area contributed by atoms with Crippen molar-refractivity contribution in [2.45, 2.75) is 6.42 Å². The van der Waals surface area contributed by atoms with Crippen molar-refractivity contribution in [1.29, 1.82) is 0 Å². The van der Waals surface area contributed by atoms with Crippen LogP contribution in [-0.4, -0.2) is 32.5 Å². The van der Waals surface area contributed by atoms with Gasteiger partial charge < -0.3 is 10.6 Å². The molecule has 0 spiro atoms. The van der Waals surface area contributed by atoms with E-state index in [4.69, 9.17) is 0 Å². The number of rotatable bonds is 3. The maximum atomic E-state index is 13.5. The quantitative estimate of drug-likeness (QED) is 0.799. The Bertz CT molecular complexity index is 962. The summed E-state index contributed by atoms with van der Waals surface area (Å²) in [6, 6.07) is 11.7. The largest absolute Gasteiger partial charge is 0.318 e. The smallest absolute Gasteiger partial charge is 0.314 e. The maximum absolute atomic E-state index is 13.5. The molecule has 26 heavy (non-hydrogen) atoms. The van der Waals surface area contributed by atoms with Crippen LogP contribution in [0.3, 0.4) is 0 Å². The second kappa shape index (κ2) is 7.12. The number of amides is 2. The summed E-state index contributed by atoms with van der Waals surface area (Å²) >= 11 is 0. The van der Waals surface area contributed by atoms with Crippen molar-refractivity contribution in [3.63, 3.8) is 0 Å². The van der Waals surface area contributed by atoms with Gasteiger partial charge in [0.15, 0.2) is 0 Å². The van der Waals surface area contributed by atoms with E-state index >= 15 is 0 Å². The van der Waals surface area contributed by atoms with Gasteiger partial charge in [-0.25, -0.2) is 12.8 Å². The van der Waals surface area contributed by atoms with E-state index in [1.165, 1.54) is 34.6 Å². The predicted molar refractivity (Wildman–Crippen MR) is 95.9 cm³/mol. The molecule has 7 nitrogen and oxygen atoms in total. The molecule has 1 aliphatic heterocycles. The molecule has 0 aliphatic carbocycles. The number of carbonyl (C=O) groups excluding carboxylic acids is 2. The molecule has 0 radical (unpaired) electrons. The van der Waals surface area contributed by atoms with E-state index in [-0.39, 0.29) is 17.1 Å². The molecule has 1 saturated heterocycles. The average Bonchev–Trinajstić information content (AvgIpc) is 2.96. The SMILES string of the molecule is O=C(Nc1cccc(N2CCCS2(=O)=O)c1)C(=O)Nc1ccccc1F. The highest BCUT2D eigenvalue weighted by Crippen LogP contribution is 2.26. The number of halogens is 1. The van der Waals surface area contributed by atoms with E-state index in [2.05, 4.69) is 10.6 Å². The van der Waals surface area contributed by atoms with Gasteiger partial charge in [0.1, 0.15) is 5.82 Å². The Morgan fingerprint density at radius 2 is 1.73 bits per heavy atom. The topological polar surface area (TPSA) is 95.6 Å². The zero-order valence-corrected chi connectivity index (χ0v) is 14.4. The number of nitrogens with one attached hydrogen (secondary N) is 2. The molecule has 2 N–H and O–H groups in total. The summed E-state index contributed by atoms with van der Waals surface area (Å²) in [6.07, 6.45) is 0.532. The Balaban J connectivity index is 1.71. The summed E-state index contributed by atoms with van der Waals surface area (Å²) < 4.78 is 38.8. The first-order valence-electron chi connectivity index (χ1n) is 7.84. The van der Waals surface area contributed by atoms with Crippen LogP contribution in [0.15, 0.2) is 48.5 Å². The maximum Gasteiger partial charge on any atom is 0.314 e. The van der Waals surface area contributed by atoms with Gasteiger partial charge in [-0.05, 0) is 36.8 Å². The molecule has 0 aromatic heterocycles. The van der Waals surface area contributed by atoms with Crippen LogP contribution >= 0.6 is 0 Å². The highest BCUT2D eigenvalue weighted by molar-refractivity contribution is 7.93. The Morgan fingerprint density at radius 3 is 2.42 bits per heavy atom. The Morgan fingerprint density at radius 1 is 1.00 bits per heavy atom. The molecular weight excluding hydrogens is 361 g/mol. The number of nitrogens with zero attached hydrogens (tertiary/aromatic N) is 1. The van der Waals surface area contributed by atoms with Crippen LogP contribution < -0.4 is 14.9 Å². The van der Waals surface area contributed by atoms with Crippen molar-refractivity contribution < 1.29 is 22.4 Å². The molecule has 136 valence electrons. The summed E-state index contributed by atoms with van der Waals surface area (Å²) in [5, 5.41) is 4.56. The standard InChI is InChI=1S/C17H16FN3O4S/c18-14-7-1-2-8-15(14)20-17(23)16(22)19-12-5-3-6-13(11-12)21-9-4-10-26(21,24)25/h1-3,5-8,11H,4,9-10H2,(H,19,22)(H,20,23). The highest BCUT2D eigenvalue weighted by Gasteiger charge is 2.28. The van der Waals surface area contributed by atoms with Gasteiger partial charge in [-0.15, -0.1) is 0 Å². The lowest BCUT2D eigenvalue weighted by Gasteiger charge is -2.17. The van der Waals surface area contributed by atoms with Crippen molar-refractivity contribution in [1.82, 2.24) is 0 Å². The molecule has 2 aromatic rings. The van der Waals surface area contributed by atoms with E-state index in [1.807, 2.05) is 0 Å². The molecule has 3 rings (SSSR count). The second-order valence-corrected chi connectivity index (χ2v) is 7.69. The molecule has 2 amide bonds. The predicted octanol–water partition coefficient (Wildman–Crippen LogP) is 1.94. The van der Waals surface area contributed by atoms with Gasteiger partial charge in [-0.2, -0.15) is 0 Å². The monoisotopic (exact) mass is 377 g/mol. The van der Waals surface area contributed by atoms with Crippen molar-refractivity contribution in [2.24, 2.45) is 0 Å². The molecule has 0 atom stereocenters. The molecule has 1 heterocycles. The van der Waals surface area contributed by atoms with Gasteiger partial charge in [0, 0.05) is 12.2 Å². The Hall–Kier alpha value is -2.94. The van der Waals surface area contributed by atoms with Crippen LogP contribution in [0.1, 0.15) is 6.42 Å². The Kier molecular flexibility index (Phi) is 4.90. The first kappa shape index (κ1) is 17.9. The lowest BCUT2D eigenvalue weighted by molar-refractivity contribution is -0.133. The van der Waals surface area contributed by atoms with E-state index in [9.17, 15) is 22.4 Å². The van der Waals surface area contributed by atoms with Crippen LogP contribution in [-0.2, 0) is 19.6 Å². The molecule has 9 heteroatoms.